The molecule has 0 unspecified atom stereocenters. The molecule has 0 aliphatic rings. The number of carbonyl (C=O) groups excluding carboxylic acids is 1. The summed E-state index contributed by atoms with van der Waals surface area (Å²) in [5, 5.41) is 3.37. The minimum Gasteiger partial charge on any atom is -0.484 e. The van der Waals surface area contributed by atoms with E-state index in [9.17, 15) is 9.59 Å². The van der Waals surface area contributed by atoms with E-state index in [1.54, 1.807) is 18.2 Å². The Bertz CT molecular complexity index is 1020. The minimum absolute atomic E-state index is 0.110. The summed E-state index contributed by atoms with van der Waals surface area (Å²) in [6, 6.07) is 16.2. The van der Waals surface area contributed by atoms with Crippen LogP contribution in [0.4, 0.5) is 0 Å². The number of ether oxygens (including phenoxy) is 1. The van der Waals surface area contributed by atoms with Gasteiger partial charge in [0.25, 0.3) is 11.5 Å². The second kappa shape index (κ2) is 9.19. The van der Waals surface area contributed by atoms with Crippen molar-refractivity contribution in [3.05, 3.63) is 81.9 Å². The standard InChI is InChI=1S/C21H20ClN3O3/c1-15-11-17(7-8-18(15)22)28-13-20(26)23-9-10-25-14-24-19(12-21(25)27)16-5-3-2-4-6-16/h2-8,11-12,14H,9-10,13H2,1H3,(H,23,26). The third-order valence-electron chi connectivity index (χ3n) is 4.12. The van der Waals surface area contributed by atoms with Crippen LogP contribution in [0.15, 0.2) is 65.7 Å². The fourth-order valence-corrected chi connectivity index (χ4v) is 2.70. The van der Waals surface area contributed by atoms with Crippen molar-refractivity contribution in [2.45, 2.75) is 13.5 Å². The van der Waals surface area contributed by atoms with Crippen LogP contribution in [0.1, 0.15) is 5.56 Å². The SMILES string of the molecule is Cc1cc(OCC(=O)NCCn2cnc(-c3ccccc3)cc2=O)ccc1Cl. The fourth-order valence-electron chi connectivity index (χ4n) is 2.58. The number of amides is 1. The molecule has 0 saturated heterocycles. The van der Waals surface area contributed by atoms with Crippen LogP contribution in [0.5, 0.6) is 5.75 Å². The van der Waals surface area contributed by atoms with Gasteiger partial charge in [-0.3, -0.25) is 14.2 Å². The predicted molar refractivity (Wildman–Crippen MR) is 109 cm³/mol. The van der Waals surface area contributed by atoms with Crippen LogP contribution in [0.25, 0.3) is 11.3 Å². The maximum Gasteiger partial charge on any atom is 0.258 e. The molecule has 144 valence electrons. The van der Waals surface area contributed by atoms with Crippen LogP contribution >= 0.6 is 11.6 Å². The number of aromatic nitrogens is 2. The second-order valence-corrected chi connectivity index (χ2v) is 6.63. The molecule has 7 heteroatoms. The topological polar surface area (TPSA) is 73.2 Å². The van der Waals surface area contributed by atoms with Crippen molar-refractivity contribution >= 4 is 17.5 Å². The first-order valence-corrected chi connectivity index (χ1v) is 9.18. The van der Waals surface area contributed by atoms with E-state index in [2.05, 4.69) is 10.3 Å². The highest BCUT2D eigenvalue weighted by atomic mass is 35.5. The number of nitrogens with zero attached hydrogens (tertiary/aromatic N) is 2. The average Bonchev–Trinajstić information content (AvgIpc) is 2.70. The molecule has 0 fully saturated rings. The number of hydrogen-bond donors (Lipinski definition) is 1. The lowest BCUT2D eigenvalue weighted by Crippen LogP contribution is -2.33. The van der Waals surface area contributed by atoms with Gasteiger partial charge < -0.3 is 10.1 Å². The lowest BCUT2D eigenvalue weighted by Gasteiger charge is -2.10. The lowest BCUT2D eigenvalue weighted by atomic mass is 10.1. The highest BCUT2D eigenvalue weighted by Gasteiger charge is 2.06. The maximum absolute atomic E-state index is 12.2. The summed E-state index contributed by atoms with van der Waals surface area (Å²) in [4.78, 5) is 28.5. The van der Waals surface area contributed by atoms with Crippen LogP contribution in [-0.2, 0) is 11.3 Å². The molecular formula is C21H20ClN3O3. The number of carbonyl (C=O) groups is 1. The monoisotopic (exact) mass is 397 g/mol. The predicted octanol–water partition coefficient (Wildman–Crippen LogP) is 3.07. The van der Waals surface area contributed by atoms with Gasteiger partial charge in [-0.1, -0.05) is 41.9 Å². The Morgan fingerprint density at radius 2 is 1.96 bits per heavy atom. The minimum atomic E-state index is -0.269. The summed E-state index contributed by atoms with van der Waals surface area (Å²) in [5.41, 5.74) is 2.22. The highest BCUT2D eigenvalue weighted by Crippen LogP contribution is 2.20. The molecule has 1 amide bonds. The lowest BCUT2D eigenvalue weighted by molar-refractivity contribution is -0.123. The van der Waals surface area contributed by atoms with Crippen molar-refractivity contribution in [1.82, 2.24) is 14.9 Å². The van der Waals surface area contributed by atoms with Crippen LogP contribution in [0.3, 0.4) is 0 Å². The zero-order chi connectivity index (χ0) is 19.9. The van der Waals surface area contributed by atoms with E-state index in [0.717, 1.165) is 11.1 Å². The zero-order valence-electron chi connectivity index (χ0n) is 15.4. The van der Waals surface area contributed by atoms with Crippen LogP contribution in [-0.4, -0.2) is 28.6 Å². The number of hydrogen-bond acceptors (Lipinski definition) is 4. The van der Waals surface area contributed by atoms with Crippen molar-refractivity contribution in [2.75, 3.05) is 13.2 Å². The molecule has 0 aliphatic heterocycles. The van der Waals surface area contributed by atoms with E-state index in [-0.39, 0.29) is 18.1 Å². The van der Waals surface area contributed by atoms with Crippen molar-refractivity contribution in [3.8, 4) is 17.0 Å². The second-order valence-electron chi connectivity index (χ2n) is 6.22. The van der Waals surface area contributed by atoms with Crippen molar-refractivity contribution in [2.24, 2.45) is 0 Å². The summed E-state index contributed by atoms with van der Waals surface area (Å²) in [6.07, 6.45) is 1.49. The summed E-state index contributed by atoms with van der Waals surface area (Å²) >= 11 is 5.96. The van der Waals surface area contributed by atoms with Crippen molar-refractivity contribution < 1.29 is 9.53 Å². The molecule has 0 bridgehead atoms. The van der Waals surface area contributed by atoms with Crippen LogP contribution in [0, 0.1) is 6.92 Å². The first-order chi connectivity index (χ1) is 13.5. The molecule has 1 aromatic heterocycles. The normalized spacial score (nSPS) is 10.5. The van der Waals surface area contributed by atoms with E-state index < -0.39 is 0 Å². The maximum atomic E-state index is 12.2. The quantitative estimate of drug-likeness (QED) is 0.665. The van der Waals surface area contributed by atoms with Gasteiger partial charge in [0, 0.05) is 29.7 Å². The van der Waals surface area contributed by atoms with E-state index in [4.69, 9.17) is 16.3 Å². The van der Waals surface area contributed by atoms with Crippen LogP contribution < -0.4 is 15.6 Å². The third-order valence-corrected chi connectivity index (χ3v) is 4.55. The molecule has 0 spiro atoms. The van der Waals surface area contributed by atoms with Crippen molar-refractivity contribution in [3.63, 3.8) is 0 Å². The molecule has 0 radical (unpaired) electrons. The number of benzene rings is 2. The summed E-state index contributed by atoms with van der Waals surface area (Å²) in [6.45, 7) is 2.38. The Balaban J connectivity index is 1.48. The third kappa shape index (κ3) is 5.20. The molecule has 0 aliphatic carbocycles. The summed E-state index contributed by atoms with van der Waals surface area (Å²) in [7, 11) is 0. The first-order valence-electron chi connectivity index (χ1n) is 8.80. The number of rotatable bonds is 7. The van der Waals surface area contributed by atoms with Crippen LogP contribution in [0.2, 0.25) is 5.02 Å². The molecular weight excluding hydrogens is 378 g/mol. The summed E-state index contributed by atoms with van der Waals surface area (Å²) in [5.74, 6) is 0.309. The van der Waals surface area contributed by atoms with Gasteiger partial charge in [0.05, 0.1) is 12.0 Å². The van der Waals surface area contributed by atoms with Gasteiger partial charge in [-0.25, -0.2) is 4.98 Å². The van der Waals surface area contributed by atoms with Gasteiger partial charge in [0.1, 0.15) is 5.75 Å². The van der Waals surface area contributed by atoms with E-state index >= 15 is 0 Å². The smallest absolute Gasteiger partial charge is 0.258 e. The van der Waals surface area contributed by atoms with Gasteiger partial charge in [0.2, 0.25) is 0 Å². The van der Waals surface area contributed by atoms with Gasteiger partial charge >= 0.3 is 0 Å². The molecule has 28 heavy (non-hydrogen) atoms. The zero-order valence-corrected chi connectivity index (χ0v) is 16.1. The van der Waals surface area contributed by atoms with E-state index in [1.165, 1.54) is 17.0 Å². The number of nitrogens with one attached hydrogen (secondary N) is 1. The van der Waals surface area contributed by atoms with Gasteiger partial charge in [0.15, 0.2) is 6.61 Å². The Hall–Kier alpha value is -3.12. The Kier molecular flexibility index (Phi) is 6.45. The van der Waals surface area contributed by atoms with Crippen molar-refractivity contribution in [1.29, 1.82) is 0 Å². The molecule has 3 aromatic rings. The molecule has 1 N–H and O–H groups in total. The van der Waals surface area contributed by atoms with Gasteiger partial charge in [-0.15, -0.1) is 0 Å². The molecule has 0 atom stereocenters. The molecule has 0 saturated carbocycles. The number of aryl methyl sites for hydroxylation is 1. The van der Waals surface area contributed by atoms with E-state index in [0.29, 0.717) is 29.6 Å². The summed E-state index contributed by atoms with van der Waals surface area (Å²) < 4.78 is 6.90. The number of halogens is 1. The molecule has 2 aromatic carbocycles. The average molecular weight is 398 g/mol. The molecule has 6 nitrogen and oxygen atoms in total. The van der Waals surface area contributed by atoms with Gasteiger partial charge in [-0.2, -0.15) is 0 Å². The van der Waals surface area contributed by atoms with E-state index in [1.807, 2.05) is 37.3 Å². The molecule has 1 heterocycles. The van der Waals surface area contributed by atoms with Gasteiger partial charge in [-0.05, 0) is 30.7 Å². The molecule has 3 rings (SSSR count). The fraction of sp³-hybridized carbons (Fsp3) is 0.190. The largest absolute Gasteiger partial charge is 0.484 e. The Morgan fingerprint density at radius 3 is 2.68 bits per heavy atom. The first kappa shape index (κ1) is 19.6. The Labute approximate surface area is 167 Å². The highest BCUT2D eigenvalue weighted by molar-refractivity contribution is 6.31. The Morgan fingerprint density at radius 1 is 1.18 bits per heavy atom.